The minimum Gasteiger partial charge on any atom is -0.364 e. The second kappa shape index (κ2) is 10.6. The number of anilines is 1. The molecule has 0 aliphatic carbocycles. The quantitative estimate of drug-likeness (QED) is 0.440. The van der Waals surface area contributed by atoms with Gasteiger partial charge in [0.25, 0.3) is 5.91 Å². The van der Waals surface area contributed by atoms with E-state index in [0.717, 1.165) is 39.5 Å². The molecule has 5 N–H and O–H groups in total. The van der Waals surface area contributed by atoms with E-state index in [1.165, 1.54) is 0 Å². The number of carbonyl (C=O) groups excluding carboxylic acids is 1. The molecule has 7 heteroatoms. The number of nitrogens with two attached hydrogens (primary N) is 1. The number of nitrogens with one attached hydrogen (secondary N) is 3. The Morgan fingerprint density at radius 1 is 1.09 bits per heavy atom. The van der Waals surface area contributed by atoms with Crippen molar-refractivity contribution in [2.75, 3.05) is 11.9 Å². The van der Waals surface area contributed by atoms with E-state index >= 15 is 0 Å². The van der Waals surface area contributed by atoms with Gasteiger partial charge in [0.1, 0.15) is 11.3 Å². The Bertz CT molecular complexity index is 1060. The summed E-state index contributed by atoms with van der Waals surface area (Å²) in [4.78, 5) is 25.3. The molecule has 174 valence electrons. The normalized spacial score (nSPS) is 14.7. The zero-order valence-corrected chi connectivity index (χ0v) is 20.7. The molecule has 4 rings (SSSR count). The number of hydrogen-bond acceptors (Lipinski definition) is 5. The van der Waals surface area contributed by atoms with Crippen molar-refractivity contribution in [1.29, 1.82) is 0 Å². The van der Waals surface area contributed by atoms with E-state index in [-0.39, 0.29) is 17.5 Å². The molecule has 1 aromatic carbocycles. The zero-order chi connectivity index (χ0) is 24.1. The van der Waals surface area contributed by atoms with Crippen molar-refractivity contribution in [3.05, 3.63) is 41.2 Å². The molecular weight excluding hydrogens is 400 g/mol. The van der Waals surface area contributed by atoms with Crippen LogP contribution in [0.2, 0.25) is 0 Å². The Morgan fingerprint density at radius 3 is 2.41 bits per heavy atom. The van der Waals surface area contributed by atoms with Crippen LogP contribution in [0.4, 0.5) is 5.82 Å². The van der Waals surface area contributed by atoms with Crippen molar-refractivity contribution in [2.45, 2.75) is 73.4 Å². The first-order valence-electron chi connectivity index (χ1n) is 11.6. The van der Waals surface area contributed by atoms with Crippen LogP contribution in [0.15, 0.2) is 24.3 Å². The predicted molar refractivity (Wildman–Crippen MR) is 134 cm³/mol. The van der Waals surface area contributed by atoms with Crippen LogP contribution in [0.25, 0.3) is 22.3 Å². The smallest absolute Gasteiger partial charge is 0.253 e. The monoisotopic (exact) mass is 438 g/mol. The van der Waals surface area contributed by atoms with Gasteiger partial charge in [0, 0.05) is 16.8 Å². The molecule has 0 saturated heterocycles. The van der Waals surface area contributed by atoms with Crippen LogP contribution in [0.1, 0.15) is 82.7 Å². The van der Waals surface area contributed by atoms with Crippen LogP contribution in [-0.2, 0) is 0 Å². The van der Waals surface area contributed by atoms with Crippen molar-refractivity contribution >= 4 is 22.8 Å². The fraction of sp³-hybridized carbons (Fsp3) is 0.480. The summed E-state index contributed by atoms with van der Waals surface area (Å²) in [5.41, 5.74) is 11.4. The van der Waals surface area contributed by atoms with Gasteiger partial charge in [0.15, 0.2) is 0 Å². The number of carbonyl (C=O) groups is 1. The fourth-order valence-electron chi connectivity index (χ4n) is 3.63. The van der Waals surface area contributed by atoms with E-state index in [2.05, 4.69) is 36.4 Å². The average Bonchev–Trinajstić information content (AvgIpc) is 3.32. The van der Waals surface area contributed by atoms with Gasteiger partial charge in [-0.1, -0.05) is 39.8 Å². The zero-order valence-electron chi connectivity index (χ0n) is 20.7. The summed E-state index contributed by atoms with van der Waals surface area (Å²) in [6.07, 6.45) is 0.701. The molecule has 1 aliphatic heterocycles. The van der Waals surface area contributed by atoms with Crippen LogP contribution in [0.3, 0.4) is 0 Å². The minimum atomic E-state index is -0.122. The molecule has 3 heterocycles. The number of amides is 1. The van der Waals surface area contributed by atoms with E-state index < -0.39 is 0 Å². The summed E-state index contributed by atoms with van der Waals surface area (Å²) in [5, 5.41) is 6.40. The van der Waals surface area contributed by atoms with Crippen LogP contribution in [0, 0.1) is 6.92 Å². The molecule has 7 nitrogen and oxygen atoms in total. The second-order valence-corrected chi connectivity index (χ2v) is 8.32. The Morgan fingerprint density at radius 2 is 1.78 bits per heavy atom. The lowest BCUT2D eigenvalue weighted by molar-refractivity contribution is 0.0955. The lowest BCUT2D eigenvalue weighted by Crippen LogP contribution is -2.27. The molecule has 0 radical (unpaired) electrons. The largest absolute Gasteiger partial charge is 0.364 e. The van der Waals surface area contributed by atoms with Gasteiger partial charge < -0.3 is 21.4 Å². The van der Waals surface area contributed by atoms with Gasteiger partial charge >= 0.3 is 0 Å². The summed E-state index contributed by atoms with van der Waals surface area (Å²) >= 11 is 0. The summed E-state index contributed by atoms with van der Waals surface area (Å²) in [6, 6.07) is 7.76. The Kier molecular flexibility index (Phi) is 8.38. The fourth-order valence-corrected chi connectivity index (χ4v) is 3.63. The Balaban J connectivity index is 0.000000860. The molecule has 2 aromatic heterocycles. The average molecular weight is 439 g/mol. The van der Waals surface area contributed by atoms with Gasteiger partial charge in [-0.2, -0.15) is 0 Å². The number of rotatable bonds is 4. The van der Waals surface area contributed by atoms with Crippen molar-refractivity contribution in [1.82, 2.24) is 20.3 Å². The van der Waals surface area contributed by atoms with Gasteiger partial charge in [0.05, 0.1) is 28.5 Å². The Labute approximate surface area is 191 Å². The molecule has 0 fully saturated rings. The minimum absolute atomic E-state index is 0.0618. The summed E-state index contributed by atoms with van der Waals surface area (Å²) in [7, 11) is 0. The highest BCUT2D eigenvalue weighted by atomic mass is 16.2. The molecule has 32 heavy (non-hydrogen) atoms. The summed E-state index contributed by atoms with van der Waals surface area (Å²) in [6.45, 7) is 16.7. The third-order valence-corrected chi connectivity index (χ3v) is 4.85. The molecule has 1 aliphatic rings. The first-order chi connectivity index (χ1) is 15.3. The SMILES string of the molecule is CC.CC.Cc1nc2cccc(-c3cc4c([nH]3)C(CCN)NC4=O)c2nc1NC(C)(C)C. The van der Waals surface area contributed by atoms with E-state index in [0.29, 0.717) is 18.5 Å². The number of fused-ring (bicyclic) bond motifs is 2. The third-order valence-electron chi connectivity index (χ3n) is 4.85. The predicted octanol–water partition coefficient (Wildman–Crippen LogP) is 5.33. The first kappa shape index (κ1) is 25.3. The van der Waals surface area contributed by atoms with E-state index in [1.54, 1.807) is 0 Å². The molecular formula is C25H38N6O. The number of aromatic amines is 1. The topological polar surface area (TPSA) is 109 Å². The van der Waals surface area contributed by atoms with Gasteiger partial charge in [-0.3, -0.25) is 4.79 Å². The first-order valence-corrected chi connectivity index (χ1v) is 11.6. The maximum atomic E-state index is 12.3. The lowest BCUT2D eigenvalue weighted by Gasteiger charge is -2.22. The number of hydrogen-bond donors (Lipinski definition) is 4. The maximum Gasteiger partial charge on any atom is 0.253 e. The summed E-state index contributed by atoms with van der Waals surface area (Å²) in [5.74, 6) is 0.707. The lowest BCUT2D eigenvalue weighted by atomic mass is 10.1. The number of benzene rings is 1. The molecule has 0 bridgehead atoms. The van der Waals surface area contributed by atoms with Crippen molar-refractivity contribution in [2.24, 2.45) is 5.73 Å². The van der Waals surface area contributed by atoms with Crippen LogP contribution in [-0.4, -0.2) is 32.9 Å². The number of aromatic nitrogens is 3. The number of aryl methyl sites for hydroxylation is 1. The highest BCUT2D eigenvalue weighted by Gasteiger charge is 2.31. The van der Waals surface area contributed by atoms with Gasteiger partial charge in [-0.15, -0.1) is 0 Å². The summed E-state index contributed by atoms with van der Waals surface area (Å²) < 4.78 is 0. The third kappa shape index (κ3) is 5.27. The number of nitrogens with zero attached hydrogens (tertiary/aromatic N) is 2. The highest BCUT2D eigenvalue weighted by molar-refractivity contribution is 6.01. The molecule has 0 spiro atoms. The van der Waals surface area contributed by atoms with Crippen LogP contribution in [0.5, 0.6) is 0 Å². The van der Waals surface area contributed by atoms with Crippen LogP contribution >= 0.6 is 0 Å². The second-order valence-electron chi connectivity index (χ2n) is 8.32. The number of H-pyrrole nitrogens is 1. The maximum absolute atomic E-state index is 12.3. The van der Waals surface area contributed by atoms with Gasteiger partial charge in [-0.05, 0) is 52.8 Å². The molecule has 1 unspecified atom stereocenters. The van der Waals surface area contributed by atoms with Gasteiger partial charge in [-0.25, -0.2) is 9.97 Å². The number of para-hydroxylation sites is 1. The standard InChI is InChI=1S/C21H26N6O.2C2H6/c1-11-19(27-21(2,3)4)26-17-12(6-5-7-14(17)23-11)16-10-13-18(24-16)15(8-9-22)25-20(13)28;2*1-2/h5-7,10,15,24H,8-9,22H2,1-4H3,(H,25,28)(H,26,27);2*1-2H3. The Hall–Kier alpha value is -2.93. The van der Waals surface area contributed by atoms with E-state index in [1.807, 2.05) is 58.9 Å². The van der Waals surface area contributed by atoms with Crippen LogP contribution < -0.4 is 16.4 Å². The molecule has 1 amide bonds. The molecule has 0 saturated carbocycles. The van der Waals surface area contributed by atoms with Crippen molar-refractivity contribution in [3.63, 3.8) is 0 Å². The molecule has 1 atom stereocenters. The van der Waals surface area contributed by atoms with E-state index in [4.69, 9.17) is 15.7 Å². The van der Waals surface area contributed by atoms with E-state index in [9.17, 15) is 4.79 Å². The van der Waals surface area contributed by atoms with Gasteiger partial charge in [0.2, 0.25) is 0 Å². The van der Waals surface area contributed by atoms with Crippen molar-refractivity contribution < 1.29 is 4.79 Å². The van der Waals surface area contributed by atoms with Crippen molar-refractivity contribution in [3.8, 4) is 11.3 Å². The highest BCUT2D eigenvalue weighted by Crippen LogP contribution is 2.34. The molecule has 3 aromatic rings.